The monoisotopic (exact) mass is 291 g/mol. The number of aromatic hydroxyl groups is 1. The molecule has 0 saturated carbocycles. The van der Waals surface area contributed by atoms with E-state index in [1.54, 1.807) is 0 Å². The molecule has 118 valence electrons. The molecule has 1 fully saturated rings. The Morgan fingerprint density at radius 1 is 1.19 bits per heavy atom. The smallest absolute Gasteiger partial charge is 0.123 e. The van der Waals surface area contributed by atoms with Crippen molar-refractivity contribution >= 4 is 0 Å². The topological polar surface area (TPSA) is 32.7 Å². The average Bonchev–Trinajstić information content (AvgIpc) is 2.47. The molecule has 3 heteroatoms. The Balaban J connectivity index is 1.85. The van der Waals surface area contributed by atoms with E-state index >= 15 is 0 Å². The van der Waals surface area contributed by atoms with Crippen molar-refractivity contribution in [3.63, 3.8) is 0 Å². The number of hydrogen-bond acceptors (Lipinski definition) is 3. The molecule has 0 bridgehead atoms. The zero-order valence-corrected chi connectivity index (χ0v) is 13.7. The molecule has 2 rings (SSSR count). The summed E-state index contributed by atoms with van der Waals surface area (Å²) in [4.78, 5) is 2.54. The fraction of sp³-hybridized carbons (Fsp3) is 0.667. The second-order valence-electron chi connectivity index (χ2n) is 6.44. The Morgan fingerprint density at radius 2 is 1.90 bits per heavy atom. The van der Waals surface area contributed by atoms with Gasteiger partial charge in [-0.3, -0.25) is 0 Å². The average molecular weight is 291 g/mol. The van der Waals surface area contributed by atoms with E-state index < -0.39 is 0 Å². The van der Waals surface area contributed by atoms with Gasteiger partial charge in [-0.15, -0.1) is 0 Å². The van der Waals surface area contributed by atoms with Crippen LogP contribution in [0.25, 0.3) is 0 Å². The van der Waals surface area contributed by atoms with Crippen LogP contribution in [-0.4, -0.2) is 36.2 Å². The molecule has 0 unspecified atom stereocenters. The molecule has 0 amide bonds. The van der Waals surface area contributed by atoms with Gasteiger partial charge in [-0.2, -0.15) is 0 Å². The van der Waals surface area contributed by atoms with Crippen LogP contribution >= 0.6 is 0 Å². The van der Waals surface area contributed by atoms with Crippen LogP contribution in [0.15, 0.2) is 12.1 Å². The van der Waals surface area contributed by atoms with Crippen LogP contribution in [0.3, 0.4) is 0 Å². The Kier molecular flexibility index (Phi) is 5.92. The van der Waals surface area contributed by atoms with Crippen LogP contribution in [0.5, 0.6) is 11.5 Å². The second-order valence-corrected chi connectivity index (χ2v) is 6.44. The van der Waals surface area contributed by atoms with Crippen LogP contribution in [0.2, 0.25) is 0 Å². The highest BCUT2D eigenvalue weighted by atomic mass is 16.5. The van der Waals surface area contributed by atoms with Gasteiger partial charge in [0.1, 0.15) is 11.5 Å². The molecule has 0 atom stereocenters. The van der Waals surface area contributed by atoms with Gasteiger partial charge in [-0.05, 0) is 62.9 Å². The highest BCUT2D eigenvalue weighted by molar-refractivity contribution is 5.46. The maximum absolute atomic E-state index is 9.85. The zero-order chi connectivity index (χ0) is 15.2. The SMILES string of the molecule is Cc1cc(OCCCN2CCCCC2)c(C(C)C)cc1O. The number of rotatable bonds is 6. The molecule has 1 aromatic rings. The molecule has 1 aromatic carbocycles. The molecule has 1 aliphatic heterocycles. The van der Waals surface area contributed by atoms with Crippen LogP contribution in [0.1, 0.15) is 56.6 Å². The number of hydrogen-bond donors (Lipinski definition) is 1. The number of nitrogens with zero attached hydrogens (tertiary/aromatic N) is 1. The molecular weight excluding hydrogens is 262 g/mol. The van der Waals surface area contributed by atoms with Crippen molar-refractivity contribution in [1.29, 1.82) is 0 Å². The van der Waals surface area contributed by atoms with Gasteiger partial charge in [0.2, 0.25) is 0 Å². The predicted octanol–water partition coefficient (Wildman–Crippen LogP) is 4.08. The largest absolute Gasteiger partial charge is 0.508 e. The number of phenols is 1. The van der Waals surface area contributed by atoms with Gasteiger partial charge in [0.15, 0.2) is 0 Å². The van der Waals surface area contributed by atoms with Gasteiger partial charge < -0.3 is 14.7 Å². The fourth-order valence-electron chi connectivity index (χ4n) is 2.92. The number of piperidine rings is 1. The summed E-state index contributed by atoms with van der Waals surface area (Å²) >= 11 is 0. The van der Waals surface area contributed by atoms with E-state index in [9.17, 15) is 5.11 Å². The van der Waals surface area contributed by atoms with E-state index in [1.807, 2.05) is 19.1 Å². The number of benzene rings is 1. The minimum absolute atomic E-state index is 0.355. The van der Waals surface area contributed by atoms with E-state index in [-0.39, 0.29) is 0 Å². The summed E-state index contributed by atoms with van der Waals surface area (Å²) in [5, 5.41) is 9.85. The summed E-state index contributed by atoms with van der Waals surface area (Å²) in [7, 11) is 0. The first-order valence-corrected chi connectivity index (χ1v) is 8.26. The van der Waals surface area contributed by atoms with Crippen molar-refractivity contribution in [2.45, 2.75) is 52.4 Å². The first-order valence-electron chi connectivity index (χ1n) is 8.26. The molecule has 1 saturated heterocycles. The number of likely N-dealkylation sites (tertiary alicyclic amines) is 1. The van der Waals surface area contributed by atoms with Gasteiger partial charge in [0, 0.05) is 12.1 Å². The molecule has 21 heavy (non-hydrogen) atoms. The predicted molar refractivity (Wildman–Crippen MR) is 87.3 cm³/mol. The third-order valence-electron chi connectivity index (χ3n) is 4.28. The first kappa shape index (κ1) is 16.2. The molecule has 0 aromatic heterocycles. The van der Waals surface area contributed by atoms with Crippen LogP contribution < -0.4 is 4.74 Å². The summed E-state index contributed by atoms with van der Waals surface area (Å²) < 4.78 is 5.99. The summed E-state index contributed by atoms with van der Waals surface area (Å²) in [5.74, 6) is 1.65. The van der Waals surface area contributed by atoms with Gasteiger partial charge in [0.25, 0.3) is 0 Å². The van der Waals surface area contributed by atoms with Crippen molar-refractivity contribution in [2.75, 3.05) is 26.2 Å². The lowest BCUT2D eigenvalue weighted by Gasteiger charge is -2.26. The first-order chi connectivity index (χ1) is 10.1. The highest BCUT2D eigenvalue weighted by Gasteiger charge is 2.12. The van der Waals surface area contributed by atoms with E-state index in [4.69, 9.17) is 4.74 Å². The number of phenolic OH excluding ortho intramolecular Hbond substituents is 1. The van der Waals surface area contributed by atoms with E-state index in [0.29, 0.717) is 11.7 Å². The molecular formula is C18H29NO2. The Morgan fingerprint density at radius 3 is 2.57 bits per heavy atom. The summed E-state index contributed by atoms with van der Waals surface area (Å²) in [6.07, 6.45) is 5.14. The molecule has 0 aliphatic carbocycles. The molecule has 1 N–H and O–H groups in total. The highest BCUT2D eigenvalue weighted by Crippen LogP contribution is 2.32. The van der Waals surface area contributed by atoms with Crippen LogP contribution in [0, 0.1) is 6.92 Å². The maximum atomic E-state index is 9.85. The van der Waals surface area contributed by atoms with E-state index in [0.717, 1.165) is 36.4 Å². The lowest BCUT2D eigenvalue weighted by atomic mass is 10.00. The Bertz CT molecular complexity index is 451. The van der Waals surface area contributed by atoms with Crippen LogP contribution in [0.4, 0.5) is 0 Å². The maximum Gasteiger partial charge on any atom is 0.123 e. The zero-order valence-electron chi connectivity index (χ0n) is 13.7. The number of aryl methyl sites for hydroxylation is 1. The Hall–Kier alpha value is -1.22. The third-order valence-corrected chi connectivity index (χ3v) is 4.28. The normalized spacial score (nSPS) is 16.4. The molecule has 3 nitrogen and oxygen atoms in total. The van der Waals surface area contributed by atoms with Crippen molar-refractivity contribution in [3.8, 4) is 11.5 Å². The summed E-state index contributed by atoms with van der Waals surface area (Å²) in [5.41, 5.74) is 1.97. The van der Waals surface area contributed by atoms with E-state index in [2.05, 4.69) is 18.7 Å². The Labute approximate surface area is 128 Å². The standard InChI is InChI=1S/C18H29NO2/c1-14(2)16-13-17(20)15(3)12-18(16)21-11-7-10-19-8-5-4-6-9-19/h12-14,20H,4-11H2,1-3H3. The molecule has 1 heterocycles. The van der Waals surface area contributed by atoms with Crippen molar-refractivity contribution in [1.82, 2.24) is 4.90 Å². The van der Waals surface area contributed by atoms with Crippen molar-refractivity contribution in [2.24, 2.45) is 0 Å². The van der Waals surface area contributed by atoms with Gasteiger partial charge >= 0.3 is 0 Å². The van der Waals surface area contributed by atoms with Crippen LogP contribution in [-0.2, 0) is 0 Å². The lowest BCUT2D eigenvalue weighted by molar-refractivity contribution is 0.204. The third kappa shape index (κ3) is 4.63. The van der Waals surface area contributed by atoms with Crippen molar-refractivity contribution in [3.05, 3.63) is 23.3 Å². The summed E-state index contributed by atoms with van der Waals surface area (Å²) in [6.45, 7) is 10.6. The summed E-state index contributed by atoms with van der Waals surface area (Å²) in [6, 6.07) is 3.81. The fourth-order valence-corrected chi connectivity index (χ4v) is 2.92. The molecule has 0 radical (unpaired) electrons. The quantitative estimate of drug-likeness (QED) is 0.802. The van der Waals surface area contributed by atoms with Gasteiger partial charge in [0.05, 0.1) is 6.61 Å². The lowest BCUT2D eigenvalue weighted by Crippen LogP contribution is -2.31. The number of ether oxygens (including phenoxy) is 1. The minimum Gasteiger partial charge on any atom is -0.508 e. The molecule has 0 spiro atoms. The minimum atomic E-state index is 0.355. The second kappa shape index (κ2) is 7.69. The van der Waals surface area contributed by atoms with Crippen molar-refractivity contribution < 1.29 is 9.84 Å². The van der Waals surface area contributed by atoms with E-state index in [1.165, 1.54) is 32.4 Å². The van der Waals surface area contributed by atoms with Gasteiger partial charge in [-0.25, -0.2) is 0 Å². The molecule has 1 aliphatic rings. The van der Waals surface area contributed by atoms with Gasteiger partial charge in [-0.1, -0.05) is 20.3 Å².